The minimum atomic E-state index is 0.175. The van der Waals surface area contributed by atoms with E-state index in [1.54, 1.807) is 6.07 Å². The Kier molecular flexibility index (Phi) is 4.83. The minimum absolute atomic E-state index is 0.175. The van der Waals surface area contributed by atoms with Crippen molar-refractivity contribution in [2.24, 2.45) is 0 Å². The molecule has 0 aliphatic rings. The number of aromatic hydroxyl groups is 1. The molecule has 16 heavy (non-hydrogen) atoms. The van der Waals surface area contributed by atoms with Crippen molar-refractivity contribution in [2.45, 2.75) is 19.5 Å². The van der Waals surface area contributed by atoms with Crippen LogP contribution < -0.4 is 10.1 Å². The molecule has 0 spiro atoms. The van der Waals surface area contributed by atoms with E-state index in [0.29, 0.717) is 12.3 Å². The Morgan fingerprint density at radius 1 is 1.62 bits per heavy atom. The molecule has 1 atom stereocenters. The highest BCUT2D eigenvalue weighted by Crippen LogP contribution is 2.33. The topological polar surface area (TPSA) is 41.5 Å². The third-order valence-electron chi connectivity index (χ3n) is 2.31. The normalized spacial score (nSPS) is 12.2. The SMILES string of the molecule is C=CC(C)NCc1cc(Br)cc(OC)c1O. The molecule has 0 aliphatic heterocycles. The van der Waals surface area contributed by atoms with Gasteiger partial charge in [0.2, 0.25) is 0 Å². The van der Waals surface area contributed by atoms with Gasteiger partial charge in [-0.15, -0.1) is 6.58 Å². The molecule has 0 saturated heterocycles. The van der Waals surface area contributed by atoms with Gasteiger partial charge < -0.3 is 15.2 Å². The molecule has 4 heteroatoms. The van der Waals surface area contributed by atoms with Crippen molar-refractivity contribution in [3.63, 3.8) is 0 Å². The van der Waals surface area contributed by atoms with E-state index in [2.05, 4.69) is 27.8 Å². The maximum atomic E-state index is 9.89. The first-order chi connectivity index (χ1) is 7.58. The van der Waals surface area contributed by atoms with Gasteiger partial charge in [0.1, 0.15) is 0 Å². The second-order valence-electron chi connectivity index (χ2n) is 3.52. The standard InChI is InChI=1S/C12H16BrNO2/c1-4-8(2)14-7-9-5-10(13)6-11(16-3)12(9)15/h4-6,8,14-15H,1,7H2,2-3H3. The number of methoxy groups -OCH3 is 1. The zero-order valence-corrected chi connectivity index (χ0v) is 11.0. The Morgan fingerprint density at radius 2 is 2.31 bits per heavy atom. The van der Waals surface area contributed by atoms with Crippen LogP contribution in [0.5, 0.6) is 11.5 Å². The largest absolute Gasteiger partial charge is 0.504 e. The number of phenols is 1. The van der Waals surface area contributed by atoms with Gasteiger partial charge in [0.05, 0.1) is 7.11 Å². The molecule has 0 aliphatic carbocycles. The molecule has 0 saturated carbocycles. The smallest absolute Gasteiger partial charge is 0.162 e. The number of hydrogen-bond acceptors (Lipinski definition) is 3. The van der Waals surface area contributed by atoms with Crippen LogP contribution in [0.15, 0.2) is 29.3 Å². The van der Waals surface area contributed by atoms with E-state index in [9.17, 15) is 5.11 Å². The molecule has 88 valence electrons. The Balaban J connectivity index is 2.86. The Bertz CT molecular complexity index is 380. The van der Waals surface area contributed by atoms with Gasteiger partial charge in [-0.05, 0) is 19.1 Å². The molecule has 0 fully saturated rings. The second kappa shape index (κ2) is 5.92. The van der Waals surface area contributed by atoms with Crippen LogP contribution in [0.4, 0.5) is 0 Å². The van der Waals surface area contributed by atoms with E-state index < -0.39 is 0 Å². The molecule has 0 bridgehead atoms. The van der Waals surface area contributed by atoms with E-state index in [-0.39, 0.29) is 11.8 Å². The van der Waals surface area contributed by atoms with E-state index in [1.807, 2.05) is 19.1 Å². The first-order valence-electron chi connectivity index (χ1n) is 4.99. The lowest BCUT2D eigenvalue weighted by Crippen LogP contribution is -2.22. The van der Waals surface area contributed by atoms with Gasteiger partial charge in [0.15, 0.2) is 11.5 Å². The van der Waals surface area contributed by atoms with Crippen LogP contribution in [-0.2, 0) is 6.54 Å². The summed E-state index contributed by atoms with van der Waals surface area (Å²) in [6, 6.07) is 3.79. The quantitative estimate of drug-likeness (QED) is 0.818. The lowest BCUT2D eigenvalue weighted by atomic mass is 10.1. The highest BCUT2D eigenvalue weighted by atomic mass is 79.9. The predicted molar refractivity (Wildman–Crippen MR) is 68.9 cm³/mol. The van der Waals surface area contributed by atoms with Crippen LogP contribution in [0.2, 0.25) is 0 Å². The maximum Gasteiger partial charge on any atom is 0.162 e. The summed E-state index contributed by atoms with van der Waals surface area (Å²) in [5.41, 5.74) is 0.792. The van der Waals surface area contributed by atoms with Crippen LogP contribution in [0.25, 0.3) is 0 Å². The summed E-state index contributed by atoms with van der Waals surface area (Å²) in [5, 5.41) is 13.1. The summed E-state index contributed by atoms with van der Waals surface area (Å²) in [6.07, 6.45) is 1.81. The fourth-order valence-corrected chi connectivity index (χ4v) is 1.76. The number of phenolic OH excluding ortho intramolecular Hbond substituents is 1. The minimum Gasteiger partial charge on any atom is -0.504 e. The van der Waals surface area contributed by atoms with Crippen LogP contribution in [0.1, 0.15) is 12.5 Å². The first kappa shape index (κ1) is 13.1. The van der Waals surface area contributed by atoms with Crippen molar-refractivity contribution in [3.05, 3.63) is 34.8 Å². The van der Waals surface area contributed by atoms with E-state index in [0.717, 1.165) is 10.0 Å². The zero-order chi connectivity index (χ0) is 12.1. The number of hydrogen-bond donors (Lipinski definition) is 2. The van der Waals surface area contributed by atoms with Crippen molar-refractivity contribution < 1.29 is 9.84 Å². The van der Waals surface area contributed by atoms with Crippen molar-refractivity contribution in [1.82, 2.24) is 5.32 Å². The first-order valence-corrected chi connectivity index (χ1v) is 5.79. The number of benzene rings is 1. The molecule has 1 rings (SSSR count). The van der Waals surface area contributed by atoms with Crippen molar-refractivity contribution in [3.8, 4) is 11.5 Å². The van der Waals surface area contributed by atoms with Crippen molar-refractivity contribution in [1.29, 1.82) is 0 Å². The summed E-state index contributed by atoms with van der Waals surface area (Å²) >= 11 is 3.37. The molecule has 0 aromatic heterocycles. The molecule has 1 unspecified atom stereocenters. The third-order valence-corrected chi connectivity index (χ3v) is 2.76. The van der Waals surface area contributed by atoms with Gasteiger partial charge in [-0.3, -0.25) is 0 Å². The average molecular weight is 286 g/mol. The summed E-state index contributed by atoms with van der Waals surface area (Å²) in [5.74, 6) is 0.645. The molecule has 0 radical (unpaired) electrons. The Hall–Kier alpha value is -1.00. The fraction of sp³-hybridized carbons (Fsp3) is 0.333. The molecule has 0 heterocycles. The number of halogens is 1. The molecule has 3 nitrogen and oxygen atoms in total. The van der Waals surface area contributed by atoms with Gasteiger partial charge in [0, 0.05) is 22.6 Å². The van der Waals surface area contributed by atoms with E-state index in [1.165, 1.54) is 7.11 Å². The Morgan fingerprint density at radius 3 is 2.88 bits per heavy atom. The molecular formula is C12H16BrNO2. The number of nitrogens with one attached hydrogen (secondary N) is 1. The average Bonchev–Trinajstić information content (AvgIpc) is 2.29. The molecule has 1 aromatic rings. The van der Waals surface area contributed by atoms with Crippen LogP contribution >= 0.6 is 15.9 Å². The molecule has 2 N–H and O–H groups in total. The lowest BCUT2D eigenvalue weighted by molar-refractivity contribution is 0.369. The van der Waals surface area contributed by atoms with Gasteiger partial charge in [-0.2, -0.15) is 0 Å². The second-order valence-corrected chi connectivity index (χ2v) is 4.44. The van der Waals surface area contributed by atoms with E-state index in [4.69, 9.17) is 4.74 Å². The van der Waals surface area contributed by atoms with Crippen LogP contribution in [0, 0.1) is 0 Å². The predicted octanol–water partition coefficient (Wildman–Crippen LogP) is 2.83. The molecule has 0 amide bonds. The molecule has 1 aromatic carbocycles. The van der Waals surface area contributed by atoms with E-state index >= 15 is 0 Å². The van der Waals surface area contributed by atoms with Gasteiger partial charge in [-0.1, -0.05) is 22.0 Å². The summed E-state index contributed by atoms with van der Waals surface area (Å²) in [4.78, 5) is 0. The lowest BCUT2D eigenvalue weighted by Gasteiger charge is -2.13. The zero-order valence-electron chi connectivity index (χ0n) is 9.46. The van der Waals surface area contributed by atoms with Gasteiger partial charge >= 0.3 is 0 Å². The number of rotatable bonds is 5. The van der Waals surface area contributed by atoms with Crippen molar-refractivity contribution >= 4 is 15.9 Å². The van der Waals surface area contributed by atoms with Gasteiger partial charge in [0.25, 0.3) is 0 Å². The molecular weight excluding hydrogens is 270 g/mol. The Labute approximate surface area is 104 Å². The fourth-order valence-electron chi connectivity index (χ4n) is 1.27. The summed E-state index contributed by atoms with van der Waals surface area (Å²) in [7, 11) is 1.53. The van der Waals surface area contributed by atoms with Gasteiger partial charge in [-0.25, -0.2) is 0 Å². The monoisotopic (exact) mass is 285 g/mol. The highest BCUT2D eigenvalue weighted by molar-refractivity contribution is 9.10. The maximum absolute atomic E-state index is 9.89. The van der Waals surface area contributed by atoms with Crippen LogP contribution in [0.3, 0.4) is 0 Å². The third kappa shape index (κ3) is 3.25. The highest BCUT2D eigenvalue weighted by Gasteiger charge is 2.09. The summed E-state index contributed by atoms with van der Waals surface area (Å²) in [6.45, 7) is 6.25. The number of ether oxygens (including phenoxy) is 1. The summed E-state index contributed by atoms with van der Waals surface area (Å²) < 4.78 is 5.95. The van der Waals surface area contributed by atoms with Crippen molar-refractivity contribution in [2.75, 3.05) is 7.11 Å². The van der Waals surface area contributed by atoms with Crippen LogP contribution in [-0.4, -0.2) is 18.3 Å².